The van der Waals surface area contributed by atoms with E-state index in [-0.39, 0.29) is 53.0 Å². The molecule has 2 atom stereocenters. The average Bonchev–Trinajstić information content (AvgIpc) is 3.33. The number of aliphatic imine (C=N–C) groups is 1. The van der Waals surface area contributed by atoms with Crippen LogP contribution in [0.5, 0.6) is 5.75 Å². The van der Waals surface area contributed by atoms with Gasteiger partial charge in [0.05, 0.1) is 5.69 Å². The maximum atomic E-state index is 13.0. The molecule has 204 valence electrons. The highest BCUT2D eigenvalue weighted by Gasteiger charge is 2.40. The van der Waals surface area contributed by atoms with Gasteiger partial charge in [0.15, 0.2) is 11.4 Å². The third kappa shape index (κ3) is 5.39. The molecule has 39 heavy (non-hydrogen) atoms. The lowest BCUT2D eigenvalue weighted by Crippen LogP contribution is -2.59. The number of aldehydes is 1. The van der Waals surface area contributed by atoms with Crippen molar-refractivity contribution in [2.75, 3.05) is 25.4 Å². The van der Waals surface area contributed by atoms with Gasteiger partial charge in [0.25, 0.3) is 0 Å². The number of nitrogens with zero attached hydrogens (tertiary/aromatic N) is 4. The summed E-state index contributed by atoms with van der Waals surface area (Å²) in [6, 6.07) is 0.698. The number of rotatable bonds is 7. The minimum absolute atomic E-state index is 0.0115. The van der Waals surface area contributed by atoms with Crippen LogP contribution in [-0.2, 0) is 16.0 Å². The van der Waals surface area contributed by atoms with Crippen LogP contribution in [0, 0.1) is 0 Å². The molecule has 0 bridgehead atoms. The number of amidine groups is 1. The number of aromatic carboxylic acids is 1. The van der Waals surface area contributed by atoms with Gasteiger partial charge < -0.3 is 36.5 Å². The quantitative estimate of drug-likeness (QED) is 0.0916. The lowest BCUT2D eigenvalue weighted by molar-refractivity contribution is -0.153. The van der Waals surface area contributed by atoms with E-state index in [2.05, 4.69) is 15.3 Å². The molecule has 7 N–H and O–H groups in total. The van der Waals surface area contributed by atoms with Crippen LogP contribution in [0.4, 0.5) is 9.93 Å². The zero-order chi connectivity index (χ0) is 28.4. The predicted octanol–water partition coefficient (Wildman–Crippen LogP) is -0.942. The topological polar surface area (TPSA) is 231 Å². The first-order valence-electron chi connectivity index (χ1n) is 11.7. The standard InChI is InChI=1S/C22H24BN7O8S/c1-2-29-5-6-30(19(33)18(29)32)22(36)28-15(12-9-39-21(25)26-12)17(24)27-13-7-10-3-4-11(8-31)14(20(34)35)16(10)38-23(13)37/h3-4,8-9,13,15,37H,2,5-7H2,1H3,(H2,24,27)(H2,25,26)(H,28,36)(H,34,35)/t13-,15?/m0/s1. The van der Waals surface area contributed by atoms with Gasteiger partial charge in [-0.25, -0.2) is 14.6 Å². The van der Waals surface area contributed by atoms with E-state index < -0.39 is 42.9 Å². The largest absolute Gasteiger partial charge is 0.549 e. The number of carbonyl (C=O) groups excluding carboxylic acids is 4. The lowest BCUT2D eigenvalue weighted by Gasteiger charge is -2.32. The number of thiazole rings is 1. The van der Waals surface area contributed by atoms with E-state index in [1.54, 1.807) is 6.92 Å². The van der Waals surface area contributed by atoms with Gasteiger partial charge in [-0.3, -0.25) is 24.3 Å². The Morgan fingerprint density at radius 1 is 1.36 bits per heavy atom. The Kier molecular flexibility index (Phi) is 7.82. The number of carboxylic acid groups (broad SMARTS) is 1. The molecule has 1 saturated heterocycles. The Hall–Kier alpha value is -4.51. The van der Waals surface area contributed by atoms with Crippen molar-refractivity contribution in [2.24, 2.45) is 10.7 Å². The first-order chi connectivity index (χ1) is 18.5. The summed E-state index contributed by atoms with van der Waals surface area (Å²) in [7, 11) is -1.64. The number of anilines is 1. The number of aromatic nitrogens is 1. The van der Waals surface area contributed by atoms with E-state index in [0.29, 0.717) is 18.4 Å². The lowest BCUT2D eigenvalue weighted by atomic mass is 9.72. The van der Waals surface area contributed by atoms with Crippen LogP contribution in [0.25, 0.3) is 0 Å². The molecule has 2 aliphatic rings. The number of urea groups is 1. The first-order valence-corrected chi connectivity index (χ1v) is 12.6. The highest BCUT2D eigenvalue weighted by molar-refractivity contribution is 7.13. The van der Waals surface area contributed by atoms with Crippen LogP contribution in [-0.4, -0.2) is 93.5 Å². The Bertz CT molecular complexity index is 1380. The first kappa shape index (κ1) is 27.5. The molecule has 0 radical (unpaired) electrons. The van der Waals surface area contributed by atoms with Gasteiger partial charge in [0.1, 0.15) is 29.1 Å². The number of benzene rings is 1. The van der Waals surface area contributed by atoms with Crippen LogP contribution < -0.4 is 21.4 Å². The number of piperazine rings is 1. The maximum Gasteiger partial charge on any atom is 0.549 e. The zero-order valence-electron chi connectivity index (χ0n) is 20.6. The SMILES string of the molecule is CCN1CCN(C(=O)NC(/C(N)=N/[C@H]2Cc3ccc(C=O)c(C(=O)O)c3OB2O)c2csc(N)n2)C(=O)C1=O. The second-order valence-electron chi connectivity index (χ2n) is 8.61. The van der Waals surface area contributed by atoms with Crippen molar-refractivity contribution in [2.45, 2.75) is 25.3 Å². The molecule has 3 heterocycles. The minimum Gasteiger partial charge on any atom is -0.534 e. The van der Waals surface area contributed by atoms with Gasteiger partial charge in [-0.1, -0.05) is 12.1 Å². The second-order valence-corrected chi connectivity index (χ2v) is 9.50. The highest BCUT2D eigenvalue weighted by Crippen LogP contribution is 2.33. The fourth-order valence-electron chi connectivity index (χ4n) is 4.26. The van der Waals surface area contributed by atoms with Crippen molar-refractivity contribution in [1.82, 2.24) is 20.1 Å². The maximum absolute atomic E-state index is 13.0. The average molecular weight is 557 g/mol. The number of fused-ring (bicyclic) bond motifs is 1. The van der Waals surface area contributed by atoms with Crippen LogP contribution in [0.1, 0.15) is 44.9 Å². The van der Waals surface area contributed by atoms with Crippen molar-refractivity contribution < 1.29 is 38.8 Å². The van der Waals surface area contributed by atoms with Gasteiger partial charge in [-0.2, -0.15) is 0 Å². The van der Waals surface area contributed by atoms with E-state index >= 15 is 0 Å². The minimum atomic E-state index is -1.64. The molecule has 2 aliphatic heterocycles. The molecule has 4 rings (SSSR count). The number of hydrogen-bond donors (Lipinski definition) is 5. The summed E-state index contributed by atoms with van der Waals surface area (Å²) in [5.41, 5.74) is 12.1. The number of carboxylic acids is 1. The van der Waals surface area contributed by atoms with Gasteiger partial charge >= 0.3 is 30.9 Å². The van der Waals surface area contributed by atoms with E-state index in [0.717, 1.165) is 16.2 Å². The summed E-state index contributed by atoms with van der Waals surface area (Å²) in [5.74, 6) is -4.62. The van der Waals surface area contributed by atoms with Crippen molar-refractivity contribution >= 4 is 59.5 Å². The number of amides is 4. The number of imide groups is 1. The molecule has 0 saturated carbocycles. The summed E-state index contributed by atoms with van der Waals surface area (Å²) >= 11 is 1.07. The van der Waals surface area contributed by atoms with Crippen molar-refractivity contribution in [3.63, 3.8) is 0 Å². The molecule has 17 heteroatoms. The number of nitrogen functional groups attached to an aromatic ring is 1. The smallest absolute Gasteiger partial charge is 0.534 e. The summed E-state index contributed by atoms with van der Waals surface area (Å²) in [6.45, 7) is 2.17. The molecule has 0 aliphatic carbocycles. The number of nitrogens with one attached hydrogen (secondary N) is 1. The molecule has 0 spiro atoms. The third-order valence-electron chi connectivity index (χ3n) is 6.26. The van der Waals surface area contributed by atoms with Crippen molar-refractivity contribution in [3.05, 3.63) is 39.9 Å². The highest BCUT2D eigenvalue weighted by atomic mass is 32.1. The monoisotopic (exact) mass is 557 g/mol. The summed E-state index contributed by atoms with van der Waals surface area (Å²) in [6.07, 6.45) is 0.359. The van der Waals surface area contributed by atoms with Gasteiger partial charge in [-0.15, -0.1) is 11.3 Å². The number of carbonyl (C=O) groups is 5. The number of likely N-dealkylation sites (N-methyl/N-ethyl adjacent to an activating group) is 1. The van der Waals surface area contributed by atoms with Gasteiger partial charge in [0.2, 0.25) is 0 Å². The molecule has 1 unspecified atom stereocenters. The van der Waals surface area contributed by atoms with Crippen molar-refractivity contribution in [3.8, 4) is 5.75 Å². The molecule has 1 fully saturated rings. The number of nitrogens with two attached hydrogens (primary N) is 2. The van der Waals surface area contributed by atoms with Gasteiger partial charge in [-0.05, 0) is 18.9 Å². The number of hydrogen-bond acceptors (Lipinski definition) is 11. The Morgan fingerprint density at radius 2 is 2.10 bits per heavy atom. The second kappa shape index (κ2) is 11.1. The third-order valence-corrected chi connectivity index (χ3v) is 6.95. The van der Waals surface area contributed by atoms with Crippen LogP contribution in [0.15, 0.2) is 22.5 Å². The fourth-order valence-corrected chi connectivity index (χ4v) is 4.85. The summed E-state index contributed by atoms with van der Waals surface area (Å²) in [5, 5.41) is 24.4. The van der Waals surface area contributed by atoms with Crippen molar-refractivity contribution in [1.29, 1.82) is 0 Å². The molecular formula is C22H24BN7O8S. The molecule has 2 aromatic rings. The predicted molar refractivity (Wildman–Crippen MR) is 138 cm³/mol. The van der Waals surface area contributed by atoms with E-state index in [1.165, 1.54) is 22.4 Å². The molecule has 4 amide bonds. The summed E-state index contributed by atoms with van der Waals surface area (Å²) in [4.78, 5) is 71.3. The normalized spacial score (nSPS) is 18.4. The van der Waals surface area contributed by atoms with E-state index in [1.807, 2.05) is 0 Å². The molecule has 15 nitrogen and oxygen atoms in total. The van der Waals surface area contributed by atoms with Gasteiger partial charge in [0, 0.05) is 30.6 Å². The Morgan fingerprint density at radius 3 is 2.72 bits per heavy atom. The zero-order valence-corrected chi connectivity index (χ0v) is 21.4. The van der Waals surface area contributed by atoms with Crippen LogP contribution in [0.3, 0.4) is 0 Å². The molecule has 1 aromatic heterocycles. The van der Waals surface area contributed by atoms with Crippen LogP contribution >= 0.6 is 11.3 Å². The Labute approximate surface area is 225 Å². The Balaban J connectivity index is 1.61. The van der Waals surface area contributed by atoms with Crippen LogP contribution in [0.2, 0.25) is 0 Å². The fraction of sp³-hybridized carbons (Fsp3) is 0.318. The van der Waals surface area contributed by atoms with E-state index in [4.69, 9.17) is 16.1 Å². The molecular weight excluding hydrogens is 533 g/mol. The van der Waals surface area contributed by atoms with E-state index in [9.17, 15) is 34.1 Å². The summed E-state index contributed by atoms with van der Waals surface area (Å²) < 4.78 is 5.43. The molecule has 1 aromatic carbocycles.